The van der Waals surface area contributed by atoms with Gasteiger partial charge < -0.3 is 15.5 Å². The molecule has 0 amide bonds. The van der Waals surface area contributed by atoms with Crippen molar-refractivity contribution >= 4 is 21.5 Å². The molecule has 0 radical (unpaired) electrons. The lowest BCUT2D eigenvalue weighted by molar-refractivity contribution is 0.311. The average molecular weight is 315 g/mol. The van der Waals surface area contributed by atoms with E-state index in [0.717, 1.165) is 26.2 Å². The maximum absolute atomic E-state index is 12.1. The van der Waals surface area contributed by atoms with Crippen LogP contribution in [0.3, 0.4) is 0 Å². The van der Waals surface area contributed by atoms with Gasteiger partial charge in [0.2, 0.25) is 0 Å². The molecular formula is C13H25N5O2S. The molecule has 1 aromatic heterocycles. The van der Waals surface area contributed by atoms with Crippen LogP contribution in [0.5, 0.6) is 0 Å². The van der Waals surface area contributed by atoms with E-state index in [-0.39, 0.29) is 10.7 Å². The van der Waals surface area contributed by atoms with Crippen LogP contribution in [-0.2, 0) is 16.4 Å². The van der Waals surface area contributed by atoms with Crippen molar-refractivity contribution in [3.8, 4) is 0 Å². The molecule has 0 unspecified atom stereocenters. The first-order valence-corrected chi connectivity index (χ1v) is 9.09. The highest BCUT2D eigenvalue weighted by molar-refractivity contribution is 7.91. The number of hydrogen-bond acceptors (Lipinski definition) is 6. The Balaban J connectivity index is 2.44. The van der Waals surface area contributed by atoms with Gasteiger partial charge in [0, 0.05) is 39.0 Å². The molecule has 0 bridgehead atoms. The lowest BCUT2D eigenvalue weighted by atomic mass is 10.2. The summed E-state index contributed by atoms with van der Waals surface area (Å²) in [6.07, 6.45) is 1.19. The van der Waals surface area contributed by atoms with E-state index in [2.05, 4.69) is 30.9 Å². The van der Waals surface area contributed by atoms with Crippen LogP contribution in [0.4, 0.5) is 11.6 Å². The van der Waals surface area contributed by atoms with Crippen molar-refractivity contribution < 1.29 is 8.42 Å². The number of hydrogen-bond donors (Lipinski definition) is 1. The van der Waals surface area contributed by atoms with E-state index in [4.69, 9.17) is 5.73 Å². The first-order valence-electron chi connectivity index (χ1n) is 7.20. The molecule has 0 aliphatic carbocycles. The molecule has 8 heteroatoms. The normalized spacial score (nSPS) is 17.7. The SMILES string of the molecule is CC(C)Cn1nc(N2CCN(C)CC2)c(S(C)(=O)=O)c1N. The summed E-state index contributed by atoms with van der Waals surface area (Å²) >= 11 is 0. The van der Waals surface area contributed by atoms with Crippen LogP contribution >= 0.6 is 0 Å². The number of nitrogen functional groups attached to an aromatic ring is 1. The summed E-state index contributed by atoms with van der Waals surface area (Å²) in [7, 11) is -1.35. The summed E-state index contributed by atoms with van der Waals surface area (Å²) in [6, 6.07) is 0. The van der Waals surface area contributed by atoms with Crippen LogP contribution < -0.4 is 10.6 Å². The number of rotatable bonds is 4. The van der Waals surface area contributed by atoms with Gasteiger partial charge in [0.05, 0.1) is 0 Å². The Labute approximate surface area is 126 Å². The smallest absolute Gasteiger partial charge is 0.182 e. The van der Waals surface area contributed by atoms with Crippen molar-refractivity contribution in [3.63, 3.8) is 0 Å². The molecule has 2 rings (SSSR count). The number of nitrogens with two attached hydrogens (primary N) is 1. The number of likely N-dealkylation sites (N-methyl/N-ethyl adjacent to an activating group) is 1. The molecule has 1 fully saturated rings. The van der Waals surface area contributed by atoms with Crippen molar-refractivity contribution in [2.75, 3.05) is 50.1 Å². The zero-order valence-corrected chi connectivity index (χ0v) is 14.0. The largest absolute Gasteiger partial charge is 0.383 e. The van der Waals surface area contributed by atoms with Crippen molar-refractivity contribution in [1.29, 1.82) is 0 Å². The fourth-order valence-corrected chi connectivity index (χ4v) is 3.50. The number of sulfone groups is 1. The number of aromatic nitrogens is 2. The molecule has 0 aromatic carbocycles. The van der Waals surface area contributed by atoms with E-state index in [1.807, 2.05) is 4.90 Å². The Morgan fingerprint density at radius 1 is 1.24 bits per heavy atom. The maximum atomic E-state index is 12.1. The van der Waals surface area contributed by atoms with Crippen LogP contribution in [0, 0.1) is 5.92 Å². The Hall–Kier alpha value is -1.28. The molecule has 0 saturated carbocycles. The first kappa shape index (κ1) is 16.1. The monoisotopic (exact) mass is 315 g/mol. The summed E-state index contributed by atoms with van der Waals surface area (Å²) in [4.78, 5) is 4.40. The van der Waals surface area contributed by atoms with E-state index in [1.54, 1.807) is 4.68 Å². The third kappa shape index (κ3) is 3.49. The highest BCUT2D eigenvalue weighted by atomic mass is 32.2. The third-order valence-corrected chi connectivity index (χ3v) is 4.77. The summed E-state index contributed by atoms with van der Waals surface area (Å²) < 4.78 is 25.8. The van der Waals surface area contributed by atoms with Gasteiger partial charge in [-0.15, -0.1) is 0 Å². The van der Waals surface area contributed by atoms with Crippen LogP contribution in [0.25, 0.3) is 0 Å². The second-order valence-corrected chi connectivity index (χ2v) is 8.13. The molecule has 1 aromatic rings. The fourth-order valence-electron chi connectivity index (χ4n) is 2.51. The summed E-state index contributed by atoms with van der Waals surface area (Å²) in [6.45, 7) is 8.02. The molecular weight excluding hydrogens is 290 g/mol. The number of piperazine rings is 1. The van der Waals surface area contributed by atoms with E-state index < -0.39 is 9.84 Å². The van der Waals surface area contributed by atoms with Gasteiger partial charge in [-0.3, -0.25) is 0 Å². The second kappa shape index (κ2) is 5.84. The highest BCUT2D eigenvalue weighted by Gasteiger charge is 2.29. The standard InChI is InChI=1S/C13H25N5O2S/c1-10(2)9-18-12(14)11(21(4,19)20)13(15-18)17-7-5-16(3)6-8-17/h10H,5-9,14H2,1-4H3. The lowest BCUT2D eigenvalue weighted by Gasteiger charge is -2.32. The summed E-state index contributed by atoms with van der Waals surface area (Å²) in [5, 5.41) is 4.48. The van der Waals surface area contributed by atoms with Gasteiger partial charge in [-0.05, 0) is 13.0 Å². The molecule has 0 atom stereocenters. The molecule has 1 aliphatic rings. The molecule has 120 valence electrons. The van der Waals surface area contributed by atoms with Crippen molar-refractivity contribution in [2.24, 2.45) is 5.92 Å². The minimum absolute atomic E-state index is 0.174. The van der Waals surface area contributed by atoms with Crippen molar-refractivity contribution in [1.82, 2.24) is 14.7 Å². The van der Waals surface area contributed by atoms with E-state index in [1.165, 1.54) is 6.26 Å². The Kier molecular flexibility index (Phi) is 4.48. The Morgan fingerprint density at radius 2 is 1.81 bits per heavy atom. The van der Waals surface area contributed by atoms with Crippen molar-refractivity contribution in [3.05, 3.63) is 0 Å². The van der Waals surface area contributed by atoms with Crippen LogP contribution in [0.15, 0.2) is 4.90 Å². The fraction of sp³-hybridized carbons (Fsp3) is 0.769. The summed E-state index contributed by atoms with van der Waals surface area (Å²) in [5.41, 5.74) is 6.06. The van der Waals surface area contributed by atoms with E-state index >= 15 is 0 Å². The quantitative estimate of drug-likeness (QED) is 0.859. The minimum atomic E-state index is -3.41. The molecule has 1 saturated heterocycles. The van der Waals surface area contributed by atoms with Gasteiger partial charge in [-0.1, -0.05) is 13.8 Å². The minimum Gasteiger partial charge on any atom is -0.383 e. The average Bonchev–Trinajstić information content (AvgIpc) is 2.66. The Morgan fingerprint density at radius 3 is 2.29 bits per heavy atom. The van der Waals surface area contributed by atoms with E-state index in [9.17, 15) is 8.42 Å². The highest BCUT2D eigenvalue weighted by Crippen LogP contribution is 2.31. The predicted molar refractivity (Wildman–Crippen MR) is 84.3 cm³/mol. The molecule has 21 heavy (non-hydrogen) atoms. The summed E-state index contributed by atoms with van der Waals surface area (Å²) in [5.74, 6) is 1.10. The first-order chi connectivity index (χ1) is 9.70. The van der Waals surface area contributed by atoms with Crippen LogP contribution in [0.2, 0.25) is 0 Å². The topological polar surface area (TPSA) is 84.5 Å². The zero-order valence-electron chi connectivity index (χ0n) is 13.2. The maximum Gasteiger partial charge on any atom is 0.182 e. The molecule has 2 heterocycles. The second-order valence-electron chi connectivity index (χ2n) is 6.18. The van der Waals surface area contributed by atoms with Gasteiger partial charge in [0.1, 0.15) is 5.82 Å². The molecule has 0 spiro atoms. The van der Waals surface area contributed by atoms with Crippen molar-refractivity contribution in [2.45, 2.75) is 25.3 Å². The van der Waals surface area contributed by atoms with Crippen LogP contribution in [0.1, 0.15) is 13.8 Å². The van der Waals surface area contributed by atoms with Gasteiger partial charge in [-0.25, -0.2) is 13.1 Å². The number of anilines is 2. The molecule has 2 N–H and O–H groups in total. The van der Waals surface area contributed by atoms with Crippen LogP contribution in [-0.4, -0.2) is 62.6 Å². The molecule has 7 nitrogen and oxygen atoms in total. The third-order valence-electron chi connectivity index (χ3n) is 3.64. The van der Waals surface area contributed by atoms with E-state index in [0.29, 0.717) is 18.3 Å². The Bertz CT molecular complexity index is 600. The van der Waals surface area contributed by atoms with Gasteiger partial charge >= 0.3 is 0 Å². The van der Waals surface area contributed by atoms with Gasteiger partial charge in [0.25, 0.3) is 0 Å². The predicted octanol–water partition coefficient (Wildman–Crippen LogP) is 0.277. The molecule has 1 aliphatic heterocycles. The lowest BCUT2D eigenvalue weighted by Crippen LogP contribution is -2.45. The van der Waals surface area contributed by atoms with Gasteiger partial charge in [-0.2, -0.15) is 5.10 Å². The number of nitrogens with zero attached hydrogens (tertiary/aromatic N) is 4. The zero-order chi connectivity index (χ0) is 15.8. The van der Waals surface area contributed by atoms with Gasteiger partial charge in [0.15, 0.2) is 20.6 Å².